The number of hydrogen-bond donors (Lipinski definition) is 1. The number of unbranched alkanes of at least 4 members (excludes halogenated alkanes) is 1. The standard InChI is InChI=1S/C21H22ClNO3S/c1-3-4-11-26-16-10-9-14(12-17(16)25-2)13-23-21(24)20-19(22)15-7-5-6-8-18(15)27-20/h5-10,12H,3-4,11,13H2,1-2H3,(H,23,24). The Kier molecular flexibility index (Phi) is 6.58. The molecule has 3 rings (SSSR count). The molecule has 0 fully saturated rings. The maximum absolute atomic E-state index is 12.6. The van der Waals surface area contributed by atoms with Gasteiger partial charge in [0.15, 0.2) is 11.5 Å². The molecule has 2 aromatic carbocycles. The number of hydrogen-bond acceptors (Lipinski definition) is 4. The van der Waals surface area contributed by atoms with E-state index >= 15 is 0 Å². The summed E-state index contributed by atoms with van der Waals surface area (Å²) in [6.45, 7) is 3.16. The summed E-state index contributed by atoms with van der Waals surface area (Å²) in [4.78, 5) is 13.1. The fourth-order valence-corrected chi connectivity index (χ4v) is 4.12. The molecule has 0 saturated heterocycles. The Balaban J connectivity index is 1.68. The van der Waals surface area contributed by atoms with Gasteiger partial charge in [0.25, 0.3) is 5.91 Å². The van der Waals surface area contributed by atoms with E-state index < -0.39 is 0 Å². The van der Waals surface area contributed by atoms with E-state index in [-0.39, 0.29) is 5.91 Å². The van der Waals surface area contributed by atoms with Crippen molar-refractivity contribution in [3.63, 3.8) is 0 Å². The van der Waals surface area contributed by atoms with Crippen LogP contribution in [0.4, 0.5) is 0 Å². The third-order valence-electron chi connectivity index (χ3n) is 4.18. The van der Waals surface area contributed by atoms with Gasteiger partial charge in [0.2, 0.25) is 0 Å². The predicted octanol–water partition coefficient (Wildman–Crippen LogP) is 5.67. The molecule has 4 nitrogen and oxygen atoms in total. The van der Waals surface area contributed by atoms with Crippen molar-refractivity contribution in [3.8, 4) is 11.5 Å². The molecule has 0 aliphatic carbocycles. The zero-order valence-electron chi connectivity index (χ0n) is 15.4. The van der Waals surface area contributed by atoms with Crippen molar-refractivity contribution < 1.29 is 14.3 Å². The van der Waals surface area contributed by atoms with Gasteiger partial charge in [-0.2, -0.15) is 0 Å². The van der Waals surface area contributed by atoms with E-state index in [1.54, 1.807) is 7.11 Å². The fraction of sp³-hybridized carbons (Fsp3) is 0.286. The molecule has 3 aromatic rings. The monoisotopic (exact) mass is 403 g/mol. The molecule has 27 heavy (non-hydrogen) atoms. The molecule has 0 spiro atoms. The van der Waals surface area contributed by atoms with Gasteiger partial charge in [0.05, 0.1) is 18.7 Å². The highest BCUT2D eigenvalue weighted by Crippen LogP contribution is 2.35. The van der Waals surface area contributed by atoms with Crippen molar-refractivity contribution in [3.05, 3.63) is 57.9 Å². The minimum atomic E-state index is -0.177. The van der Waals surface area contributed by atoms with Crippen LogP contribution in [0.5, 0.6) is 11.5 Å². The molecule has 6 heteroatoms. The fourth-order valence-electron chi connectivity index (χ4n) is 2.69. The van der Waals surface area contributed by atoms with E-state index in [2.05, 4.69) is 12.2 Å². The van der Waals surface area contributed by atoms with Gasteiger partial charge in [-0.25, -0.2) is 0 Å². The van der Waals surface area contributed by atoms with Gasteiger partial charge in [0, 0.05) is 16.6 Å². The van der Waals surface area contributed by atoms with Crippen LogP contribution in [0.1, 0.15) is 35.0 Å². The number of carbonyl (C=O) groups is 1. The second kappa shape index (κ2) is 9.11. The number of rotatable bonds is 8. The molecule has 1 aromatic heterocycles. The summed E-state index contributed by atoms with van der Waals surface area (Å²) in [5, 5.41) is 4.34. The lowest BCUT2D eigenvalue weighted by atomic mass is 10.2. The summed E-state index contributed by atoms with van der Waals surface area (Å²) < 4.78 is 12.2. The first kappa shape index (κ1) is 19.5. The Morgan fingerprint density at radius 1 is 1.19 bits per heavy atom. The lowest BCUT2D eigenvalue weighted by molar-refractivity contribution is 0.0955. The number of carbonyl (C=O) groups excluding carboxylic acids is 1. The van der Waals surface area contributed by atoms with Gasteiger partial charge < -0.3 is 14.8 Å². The topological polar surface area (TPSA) is 47.6 Å². The minimum absolute atomic E-state index is 0.177. The molecule has 1 heterocycles. The van der Waals surface area contributed by atoms with Crippen LogP contribution in [0.15, 0.2) is 42.5 Å². The van der Waals surface area contributed by atoms with Gasteiger partial charge in [-0.3, -0.25) is 4.79 Å². The highest BCUT2D eigenvalue weighted by Gasteiger charge is 2.16. The Morgan fingerprint density at radius 3 is 2.74 bits per heavy atom. The van der Waals surface area contributed by atoms with E-state index in [0.717, 1.165) is 28.5 Å². The van der Waals surface area contributed by atoms with E-state index in [4.69, 9.17) is 21.1 Å². The molecule has 0 radical (unpaired) electrons. The van der Waals surface area contributed by atoms with Crippen LogP contribution in [0.3, 0.4) is 0 Å². The number of fused-ring (bicyclic) bond motifs is 1. The first-order chi connectivity index (χ1) is 13.1. The van der Waals surface area contributed by atoms with Crippen molar-refractivity contribution in [2.24, 2.45) is 0 Å². The molecule has 0 atom stereocenters. The summed E-state index contributed by atoms with van der Waals surface area (Å²) in [5.41, 5.74) is 0.931. The average Bonchev–Trinajstić information content (AvgIpc) is 3.04. The highest BCUT2D eigenvalue weighted by atomic mass is 35.5. The van der Waals surface area contributed by atoms with Crippen LogP contribution in [0, 0.1) is 0 Å². The van der Waals surface area contributed by atoms with E-state index in [0.29, 0.717) is 34.6 Å². The van der Waals surface area contributed by atoms with E-state index in [1.165, 1.54) is 11.3 Å². The Morgan fingerprint density at radius 2 is 2.00 bits per heavy atom. The van der Waals surface area contributed by atoms with Crippen LogP contribution in [-0.2, 0) is 6.54 Å². The second-order valence-corrected chi connectivity index (χ2v) is 7.54. The van der Waals surface area contributed by atoms with Gasteiger partial charge >= 0.3 is 0 Å². The molecule has 1 amide bonds. The molecule has 0 aliphatic heterocycles. The number of ether oxygens (including phenoxy) is 2. The summed E-state index contributed by atoms with van der Waals surface area (Å²) >= 11 is 7.78. The molecule has 142 valence electrons. The number of thiophene rings is 1. The molecule has 0 aliphatic rings. The summed E-state index contributed by atoms with van der Waals surface area (Å²) in [6, 6.07) is 13.4. The lowest BCUT2D eigenvalue weighted by Gasteiger charge is -2.12. The largest absolute Gasteiger partial charge is 0.493 e. The minimum Gasteiger partial charge on any atom is -0.493 e. The van der Waals surface area contributed by atoms with Crippen LogP contribution in [0.25, 0.3) is 10.1 Å². The number of halogens is 1. The summed E-state index contributed by atoms with van der Waals surface area (Å²) in [6.07, 6.45) is 2.07. The quantitative estimate of drug-likeness (QED) is 0.493. The second-order valence-electron chi connectivity index (χ2n) is 6.11. The van der Waals surface area contributed by atoms with Crippen molar-refractivity contribution in [2.45, 2.75) is 26.3 Å². The Labute approximate surface area is 168 Å². The zero-order valence-corrected chi connectivity index (χ0v) is 17.0. The summed E-state index contributed by atoms with van der Waals surface area (Å²) in [7, 11) is 1.61. The first-order valence-electron chi connectivity index (χ1n) is 8.89. The maximum atomic E-state index is 12.6. The maximum Gasteiger partial charge on any atom is 0.263 e. The van der Waals surface area contributed by atoms with Gasteiger partial charge in [-0.15, -0.1) is 11.3 Å². The van der Waals surface area contributed by atoms with Crippen molar-refractivity contribution in [2.75, 3.05) is 13.7 Å². The predicted molar refractivity (Wildman–Crippen MR) is 111 cm³/mol. The van der Waals surface area contributed by atoms with Crippen LogP contribution >= 0.6 is 22.9 Å². The zero-order chi connectivity index (χ0) is 19.2. The van der Waals surface area contributed by atoms with Crippen molar-refractivity contribution in [1.82, 2.24) is 5.32 Å². The van der Waals surface area contributed by atoms with Crippen LogP contribution in [0.2, 0.25) is 5.02 Å². The van der Waals surface area contributed by atoms with Gasteiger partial charge in [0.1, 0.15) is 4.88 Å². The normalized spacial score (nSPS) is 10.8. The average molecular weight is 404 g/mol. The number of benzene rings is 2. The Hall–Kier alpha value is -2.24. The molecule has 0 unspecified atom stereocenters. The number of nitrogens with one attached hydrogen (secondary N) is 1. The third kappa shape index (κ3) is 4.54. The molecule has 1 N–H and O–H groups in total. The van der Waals surface area contributed by atoms with E-state index in [9.17, 15) is 4.79 Å². The molecular weight excluding hydrogens is 382 g/mol. The van der Waals surface area contributed by atoms with Gasteiger partial charge in [-0.1, -0.05) is 49.2 Å². The van der Waals surface area contributed by atoms with Crippen molar-refractivity contribution >= 4 is 38.9 Å². The molecule has 0 bridgehead atoms. The lowest BCUT2D eigenvalue weighted by Crippen LogP contribution is -2.22. The SMILES string of the molecule is CCCCOc1ccc(CNC(=O)c2sc3ccccc3c2Cl)cc1OC. The number of amides is 1. The number of methoxy groups -OCH3 is 1. The van der Waals surface area contributed by atoms with Gasteiger partial charge in [-0.05, 0) is 30.2 Å². The third-order valence-corrected chi connectivity index (χ3v) is 5.85. The van der Waals surface area contributed by atoms with Crippen molar-refractivity contribution in [1.29, 1.82) is 0 Å². The first-order valence-corrected chi connectivity index (χ1v) is 10.1. The van der Waals surface area contributed by atoms with Crippen LogP contribution < -0.4 is 14.8 Å². The highest BCUT2D eigenvalue weighted by molar-refractivity contribution is 7.21. The summed E-state index contributed by atoms with van der Waals surface area (Å²) in [5.74, 6) is 1.20. The van der Waals surface area contributed by atoms with Crippen LogP contribution in [-0.4, -0.2) is 19.6 Å². The smallest absolute Gasteiger partial charge is 0.263 e. The Bertz CT molecular complexity index is 938. The molecule has 0 saturated carbocycles. The van der Waals surface area contributed by atoms with E-state index in [1.807, 2.05) is 42.5 Å². The molecular formula is C21H22ClNO3S.